The third-order valence-electron chi connectivity index (χ3n) is 2.20. The molecule has 0 atom stereocenters. The minimum atomic E-state index is -0.959. The number of aromatic nitrogens is 1. The molecular weight excluding hydrogens is 326 g/mol. The molecule has 2 aromatic rings. The van der Waals surface area contributed by atoms with Crippen molar-refractivity contribution < 1.29 is 9.90 Å². The highest BCUT2D eigenvalue weighted by molar-refractivity contribution is 9.10. The van der Waals surface area contributed by atoms with Crippen LogP contribution >= 0.6 is 27.3 Å². The minimum Gasteiger partial charge on any atom is -0.478 e. The molecule has 5 heteroatoms. The Morgan fingerprint density at radius 3 is 2.89 bits per heavy atom. The minimum absolute atomic E-state index is 0.816. The monoisotopic (exact) mass is 335 g/mol. The molecule has 0 spiro atoms. The number of rotatable bonds is 4. The van der Waals surface area contributed by atoms with Gasteiger partial charge in [0.05, 0.1) is 0 Å². The van der Waals surface area contributed by atoms with E-state index in [1.54, 1.807) is 6.20 Å². The van der Waals surface area contributed by atoms with E-state index in [1.165, 1.54) is 17.4 Å². The Morgan fingerprint density at radius 2 is 2.16 bits per heavy atom. The molecule has 1 N–H and O–H groups in total. The Hall–Kier alpha value is -1.72. The summed E-state index contributed by atoms with van der Waals surface area (Å²) < 4.78 is 1.03. The van der Waals surface area contributed by atoms with Crippen LogP contribution in [0.1, 0.15) is 15.4 Å². The van der Waals surface area contributed by atoms with E-state index in [0.717, 1.165) is 26.0 Å². The van der Waals surface area contributed by atoms with Crippen LogP contribution < -0.4 is 0 Å². The summed E-state index contributed by atoms with van der Waals surface area (Å²) in [5, 5.41) is 9.38. The van der Waals surface area contributed by atoms with E-state index < -0.39 is 5.97 Å². The van der Waals surface area contributed by atoms with E-state index in [0.29, 0.717) is 0 Å². The van der Waals surface area contributed by atoms with Gasteiger partial charge >= 0.3 is 5.97 Å². The van der Waals surface area contributed by atoms with Gasteiger partial charge in [-0.15, -0.1) is 11.3 Å². The topological polar surface area (TPSA) is 50.2 Å². The highest BCUT2D eigenvalue weighted by Crippen LogP contribution is 2.18. The standard InChI is InChI=1S/C14H10BrNO2S/c15-11-3-1-2-10(8-11)4-6-13-16-9-12(19-13)5-7-14(17)18/h1-9H,(H,17,18)/b6-4-,7-5-. The molecule has 0 aliphatic heterocycles. The van der Waals surface area contributed by atoms with Crippen LogP contribution in [0.4, 0.5) is 0 Å². The number of carboxylic acid groups (broad SMARTS) is 1. The molecule has 0 saturated heterocycles. The number of carbonyl (C=O) groups is 1. The van der Waals surface area contributed by atoms with Crippen molar-refractivity contribution in [1.29, 1.82) is 0 Å². The second-order valence-corrected chi connectivity index (χ2v) is 5.67. The second kappa shape index (κ2) is 6.45. The lowest BCUT2D eigenvalue weighted by Gasteiger charge is -1.93. The summed E-state index contributed by atoms with van der Waals surface area (Å²) in [6.07, 6.45) is 8.18. The van der Waals surface area contributed by atoms with Crippen LogP contribution in [0.25, 0.3) is 18.2 Å². The Balaban J connectivity index is 2.09. The van der Waals surface area contributed by atoms with Crippen molar-refractivity contribution in [3.05, 3.63) is 56.5 Å². The maximum atomic E-state index is 10.4. The van der Waals surface area contributed by atoms with E-state index >= 15 is 0 Å². The molecule has 1 heterocycles. The van der Waals surface area contributed by atoms with Gasteiger partial charge in [0, 0.05) is 21.6 Å². The van der Waals surface area contributed by atoms with Gasteiger partial charge in [0.25, 0.3) is 0 Å². The quantitative estimate of drug-likeness (QED) is 0.853. The lowest BCUT2D eigenvalue weighted by atomic mass is 10.2. The average Bonchev–Trinajstić information content (AvgIpc) is 2.82. The largest absolute Gasteiger partial charge is 0.478 e. The molecule has 0 radical (unpaired) electrons. The van der Waals surface area contributed by atoms with E-state index in [2.05, 4.69) is 20.9 Å². The van der Waals surface area contributed by atoms with Gasteiger partial charge in [-0.05, 0) is 29.8 Å². The van der Waals surface area contributed by atoms with E-state index in [9.17, 15) is 4.79 Å². The highest BCUT2D eigenvalue weighted by Gasteiger charge is 1.97. The summed E-state index contributed by atoms with van der Waals surface area (Å²) in [5.74, 6) is -0.959. The Morgan fingerprint density at radius 1 is 1.32 bits per heavy atom. The number of carboxylic acids is 1. The third kappa shape index (κ3) is 4.46. The number of aliphatic carboxylic acids is 1. The van der Waals surface area contributed by atoms with Crippen LogP contribution in [0, 0.1) is 0 Å². The number of benzene rings is 1. The average molecular weight is 336 g/mol. The predicted molar refractivity (Wildman–Crippen MR) is 81.9 cm³/mol. The van der Waals surface area contributed by atoms with Gasteiger partial charge in [-0.1, -0.05) is 34.1 Å². The fraction of sp³-hybridized carbons (Fsp3) is 0. The lowest BCUT2D eigenvalue weighted by molar-refractivity contribution is -0.131. The zero-order valence-electron chi connectivity index (χ0n) is 9.79. The number of hydrogen-bond donors (Lipinski definition) is 1. The summed E-state index contributed by atoms with van der Waals surface area (Å²) in [6, 6.07) is 7.94. The first kappa shape index (κ1) is 13.7. The van der Waals surface area contributed by atoms with Gasteiger partial charge in [-0.3, -0.25) is 0 Å². The van der Waals surface area contributed by atoms with Gasteiger partial charge in [0.15, 0.2) is 0 Å². The van der Waals surface area contributed by atoms with Crippen LogP contribution in [-0.2, 0) is 4.79 Å². The maximum Gasteiger partial charge on any atom is 0.328 e. The van der Waals surface area contributed by atoms with Crippen LogP contribution in [0.15, 0.2) is 41.0 Å². The normalized spacial score (nSPS) is 11.4. The van der Waals surface area contributed by atoms with E-state index in [4.69, 9.17) is 5.11 Å². The first-order valence-corrected chi connectivity index (χ1v) is 7.05. The van der Waals surface area contributed by atoms with Crippen molar-refractivity contribution >= 4 is 51.5 Å². The van der Waals surface area contributed by atoms with Gasteiger partial charge in [0.2, 0.25) is 0 Å². The molecule has 0 bridgehead atoms. The van der Waals surface area contributed by atoms with Crippen molar-refractivity contribution in [2.45, 2.75) is 0 Å². The molecule has 19 heavy (non-hydrogen) atoms. The van der Waals surface area contributed by atoms with E-state index in [-0.39, 0.29) is 0 Å². The highest BCUT2D eigenvalue weighted by atomic mass is 79.9. The van der Waals surface area contributed by atoms with Crippen LogP contribution in [0.3, 0.4) is 0 Å². The fourth-order valence-corrected chi connectivity index (χ4v) is 2.53. The molecule has 0 aliphatic carbocycles. The van der Waals surface area contributed by atoms with Gasteiger partial charge in [0.1, 0.15) is 5.01 Å². The first-order chi connectivity index (χ1) is 9.13. The molecule has 0 aliphatic rings. The molecule has 0 amide bonds. The summed E-state index contributed by atoms with van der Waals surface area (Å²) >= 11 is 4.85. The second-order valence-electron chi connectivity index (χ2n) is 3.66. The van der Waals surface area contributed by atoms with Gasteiger partial charge in [-0.2, -0.15) is 0 Å². The molecule has 1 aromatic heterocycles. The van der Waals surface area contributed by atoms with Crippen LogP contribution in [0.5, 0.6) is 0 Å². The number of nitrogens with zero attached hydrogens (tertiary/aromatic N) is 1. The van der Waals surface area contributed by atoms with Crippen molar-refractivity contribution in [3.63, 3.8) is 0 Å². The predicted octanol–water partition coefficient (Wildman–Crippen LogP) is 4.17. The smallest absolute Gasteiger partial charge is 0.328 e. The van der Waals surface area contributed by atoms with Crippen molar-refractivity contribution in [3.8, 4) is 0 Å². The van der Waals surface area contributed by atoms with Gasteiger partial charge < -0.3 is 5.11 Å². The molecule has 0 saturated carbocycles. The van der Waals surface area contributed by atoms with E-state index in [1.807, 2.05) is 36.4 Å². The molecule has 0 unspecified atom stereocenters. The number of hydrogen-bond acceptors (Lipinski definition) is 3. The van der Waals surface area contributed by atoms with Crippen molar-refractivity contribution in [1.82, 2.24) is 4.98 Å². The molecule has 1 aromatic carbocycles. The zero-order chi connectivity index (χ0) is 13.7. The maximum absolute atomic E-state index is 10.4. The SMILES string of the molecule is O=C(O)/C=C\c1cnc(/C=C\c2cccc(Br)c2)s1. The summed E-state index contributed by atoms with van der Waals surface area (Å²) in [7, 11) is 0. The molecular formula is C14H10BrNO2S. The zero-order valence-corrected chi connectivity index (χ0v) is 12.2. The van der Waals surface area contributed by atoms with Crippen LogP contribution in [0.2, 0.25) is 0 Å². The van der Waals surface area contributed by atoms with Crippen molar-refractivity contribution in [2.75, 3.05) is 0 Å². The summed E-state index contributed by atoms with van der Waals surface area (Å²) in [5.41, 5.74) is 1.08. The first-order valence-electron chi connectivity index (χ1n) is 5.44. The fourth-order valence-electron chi connectivity index (χ4n) is 1.39. The Labute approximate surface area is 123 Å². The van der Waals surface area contributed by atoms with Gasteiger partial charge in [-0.25, -0.2) is 9.78 Å². The Bertz CT molecular complexity index is 646. The molecule has 3 nitrogen and oxygen atoms in total. The summed E-state index contributed by atoms with van der Waals surface area (Å²) in [6.45, 7) is 0. The number of thiazole rings is 1. The number of halogens is 1. The Kier molecular flexibility index (Phi) is 4.65. The van der Waals surface area contributed by atoms with Crippen LogP contribution in [-0.4, -0.2) is 16.1 Å². The third-order valence-corrected chi connectivity index (χ3v) is 3.62. The molecule has 96 valence electrons. The summed E-state index contributed by atoms with van der Waals surface area (Å²) in [4.78, 5) is 15.4. The molecule has 0 fully saturated rings. The van der Waals surface area contributed by atoms with Crippen molar-refractivity contribution in [2.24, 2.45) is 0 Å². The molecule has 2 rings (SSSR count). The lowest BCUT2D eigenvalue weighted by Crippen LogP contribution is -1.84.